The predicted octanol–water partition coefficient (Wildman–Crippen LogP) is 1.62. The van der Waals surface area contributed by atoms with E-state index in [9.17, 15) is 14.7 Å². The monoisotopic (exact) mass is 531 g/mol. The van der Waals surface area contributed by atoms with E-state index in [2.05, 4.69) is 20.5 Å². The number of piperazine rings is 1. The topological polar surface area (TPSA) is 106 Å². The van der Waals surface area contributed by atoms with Gasteiger partial charge in [-0.05, 0) is 32.9 Å². The summed E-state index contributed by atoms with van der Waals surface area (Å²) in [6.07, 6.45) is -0.287. The minimum atomic E-state index is -0.506. The Morgan fingerprint density at radius 3 is 2.67 bits per heavy atom. The molecule has 0 saturated carbocycles. The van der Waals surface area contributed by atoms with E-state index in [0.29, 0.717) is 39.3 Å². The highest BCUT2D eigenvalue weighted by atomic mass is 127. The van der Waals surface area contributed by atoms with Gasteiger partial charge in [-0.25, -0.2) is 4.79 Å². The molecule has 10 heteroatoms. The minimum absolute atomic E-state index is 0. The van der Waals surface area contributed by atoms with Gasteiger partial charge in [0.1, 0.15) is 11.4 Å². The van der Waals surface area contributed by atoms with Crippen LogP contribution in [0.2, 0.25) is 0 Å². The number of para-hydroxylation sites is 1. The van der Waals surface area contributed by atoms with Gasteiger partial charge in [-0.1, -0.05) is 12.1 Å². The molecule has 9 nitrogen and oxygen atoms in total. The fraction of sp³-hybridized carbons (Fsp3) is 0.550. The lowest BCUT2D eigenvalue weighted by Gasteiger charge is -2.39. The highest BCUT2D eigenvalue weighted by Gasteiger charge is 2.36. The van der Waals surface area contributed by atoms with Gasteiger partial charge in [0.25, 0.3) is 5.91 Å². The Balaban J connectivity index is 0.00000320. The van der Waals surface area contributed by atoms with E-state index in [-0.39, 0.29) is 53.3 Å². The Morgan fingerprint density at radius 1 is 1.23 bits per heavy atom. The number of aromatic hydroxyl groups is 1. The molecule has 0 aromatic heterocycles. The smallest absolute Gasteiger partial charge is 0.410 e. The molecule has 3 rings (SSSR count). The molecule has 0 bridgehead atoms. The number of carbonyl (C=O) groups excluding carboxylic acids is 2. The van der Waals surface area contributed by atoms with Crippen LogP contribution in [0.4, 0.5) is 4.79 Å². The Hall–Kier alpha value is -2.24. The van der Waals surface area contributed by atoms with E-state index < -0.39 is 5.60 Å². The van der Waals surface area contributed by atoms with E-state index in [4.69, 9.17) is 4.74 Å². The molecule has 2 amide bonds. The summed E-state index contributed by atoms with van der Waals surface area (Å²) < 4.78 is 5.46. The molecular weight excluding hydrogens is 501 g/mol. The molecule has 1 aromatic rings. The van der Waals surface area contributed by atoms with Crippen LogP contribution in [-0.2, 0) is 4.74 Å². The molecule has 30 heavy (non-hydrogen) atoms. The van der Waals surface area contributed by atoms with Crippen LogP contribution in [0, 0.1) is 0 Å². The zero-order chi connectivity index (χ0) is 21.0. The number of rotatable bonds is 4. The molecule has 2 heterocycles. The van der Waals surface area contributed by atoms with E-state index in [0.717, 1.165) is 5.96 Å². The summed E-state index contributed by atoms with van der Waals surface area (Å²) in [6, 6.07) is 6.57. The lowest BCUT2D eigenvalue weighted by Crippen LogP contribution is -2.57. The molecule has 166 valence electrons. The number of ether oxygens (including phenoxy) is 1. The van der Waals surface area contributed by atoms with Crippen LogP contribution in [0.3, 0.4) is 0 Å². The number of amides is 2. The second-order valence-electron chi connectivity index (χ2n) is 8.14. The average molecular weight is 531 g/mol. The molecule has 0 radical (unpaired) electrons. The second-order valence-corrected chi connectivity index (χ2v) is 8.14. The third-order valence-electron chi connectivity index (χ3n) is 4.70. The van der Waals surface area contributed by atoms with Crippen LogP contribution < -0.4 is 10.6 Å². The number of hydrogen-bond donors (Lipinski definition) is 3. The van der Waals surface area contributed by atoms with E-state index in [1.807, 2.05) is 20.8 Å². The quantitative estimate of drug-likeness (QED) is 0.403. The van der Waals surface area contributed by atoms with Crippen molar-refractivity contribution in [1.29, 1.82) is 0 Å². The van der Waals surface area contributed by atoms with Gasteiger partial charge in [-0.2, -0.15) is 0 Å². The van der Waals surface area contributed by atoms with Crippen molar-refractivity contribution in [2.75, 3.05) is 39.3 Å². The van der Waals surface area contributed by atoms with E-state index in [1.165, 1.54) is 6.07 Å². The molecule has 1 saturated heterocycles. The number of guanidine groups is 1. The van der Waals surface area contributed by atoms with Crippen LogP contribution in [-0.4, -0.2) is 83.8 Å². The number of phenols is 1. The second kappa shape index (κ2) is 10.2. The molecule has 3 N–H and O–H groups in total. The Kier molecular flexibility index (Phi) is 8.16. The van der Waals surface area contributed by atoms with Crippen molar-refractivity contribution in [3.8, 4) is 5.75 Å². The van der Waals surface area contributed by atoms with Crippen molar-refractivity contribution in [2.24, 2.45) is 4.99 Å². The van der Waals surface area contributed by atoms with Crippen molar-refractivity contribution < 1.29 is 19.4 Å². The van der Waals surface area contributed by atoms with Crippen molar-refractivity contribution in [1.82, 2.24) is 20.4 Å². The van der Waals surface area contributed by atoms with Crippen molar-refractivity contribution in [3.05, 3.63) is 29.8 Å². The number of benzene rings is 1. The van der Waals surface area contributed by atoms with Crippen LogP contribution in [0.1, 0.15) is 31.1 Å². The first-order valence-electron chi connectivity index (χ1n) is 9.83. The van der Waals surface area contributed by atoms with Crippen LogP contribution in [0.25, 0.3) is 0 Å². The Bertz CT molecular complexity index is 796. The van der Waals surface area contributed by atoms with Gasteiger partial charge in [0, 0.05) is 32.7 Å². The summed E-state index contributed by atoms with van der Waals surface area (Å²) in [5.41, 5.74) is -0.252. The normalized spacial score (nSPS) is 18.1. The molecule has 2 aliphatic rings. The highest BCUT2D eigenvalue weighted by molar-refractivity contribution is 14.0. The van der Waals surface area contributed by atoms with Gasteiger partial charge in [-0.3, -0.25) is 9.79 Å². The summed E-state index contributed by atoms with van der Waals surface area (Å²) in [5, 5.41) is 15.7. The number of phenolic OH excluding ortho intramolecular Hbond substituents is 1. The average Bonchev–Trinajstić information content (AvgIpc) is 3.06. The third kappa shape index (κ3) is 6.13. The van der Waals surface area contributed by atoms with Crippen LogP contribution >= 0.6 is 24.0 Å². The zero-order valence-corrected chi connectivity index (χ0v) is 19.9. The first-order valence-corrected chi connectivity index (χ1v) is 9.83. The molecule has 0 aliphatic carbocycles. The summed E-state index contributed by atoms with van der Waals surface area (Å²) >= 11 is 0. The Labute approximate surface area is 193 Å². The molecular formula is C20H30IN5O4. The number of nitrogens with zero attached hydrogens (tertiary/aromatic N) is 3. The number of carbonyl (C=O) groups is 2. The standard InChI is InChI=1S/C20H29N5O4.HI/c1-20(2,3)29-19(28)24-10-11-25-14(13-24)12-23-18(25)22-9-8-21-17(27)15-6-4-5-7-16(15)26;/h4-7,14,26H,8-13H2,1-3H3,(H,21,27)(H,22,23);1H. The van der Waals surface area contributed by atoms with E-state index in [1.54, 1.807) is 23.1 Å². The maximum absolute atomic E-state index is 12.3. The lowest BCUT2D eigenvalue weighted by molar-refractivity contribution is 0.0137. The maximum atomic E-state index is 12.3. The number of hydrogen-bond acceptors (Lipinski definition) is 7. The first kappa shape index (κ1) is 24.0. The fourth-order valence-electron chi connectivity index (χ4n) is 3.33. The molecule has 1 atom stereocenters. The zero-order valence-electron chi connectivity index (χ0n) is 17.6. The van der Waals surface area contributed by atoms with Gasteiger partial charge in [0.15, 0.2) is 5.96 Å². The minimum Gasteiger partial charge on any atom is -0.507 e. The number of fused-ring (bicyclic) bond motifs is 1. The summed E-state index contributed by atoms with van der Waals surface area (Å²) in [7, 11) is 0. The highest BCUT2D eigenvalue weighted by Crippen LogP contribution is 2.18. The van der Waals surface area contributed by atoms with Crippen molar-refractivity contribution >= 4 is 41.9 Å². The molecule has 1 fully saturated rings. The van der Waals surface area contributed by atoms with Gasteiger partial charge < -0.3 is 30.3 Å². The largest absolute Gasteiger partial charge is 0.507 e. The van der Waals surface area contributed by atoms with E-state index >= 15 is 0 Å². The fourth-order valence-corrected chi connectivity index (χ4v) is 3.33. The van der Waals surface area contributed by atoms with Gasteiger partial charge in [-0.15, -0.1) is 24.0 Å². The van der Waals surface area contributed by atoms with Crippen LogP contribution in [0.15, 0.2) is 29.3 Å². The third-order valence-corrected chi connectivity index (χ3v) is 4.70. The number of nitrogens with one attached hydrogen (secondary N) is 2. The predicted molar refractivity (Wildman–Crippen MR) is 124 cm³/mol. The summed E-state index contributed by atoms with van der Waals surface area (Å²) in [5.74, 6) is 0.432. The summed E-state index contributed by atoms with van der Waals surface area (Å²) in [4.78, 5) is 32.8. The number of aliphatic imine (C=N–C) groups is 1. The van der Waals surface area contributed by atoms with Gasteiger partial charge in [0.05, 0.1) is 18.2 Å². The lowest BCUT2D eigenvalue weighted by atomic mass is 10.2. The van der Waals surface area contributed by atoms with Gasteiger partial charge in [0.2, 0.25) is 0 Å². The SMILES string of the molecule is CC(C)(C)OC(=O)N1CCN2C(NCCNC(=O)c3ccccc3O)=NCC2C1.I. The molecule has 1 unspecified atom stereocenters. The van der Waals surface area contributed by atoms with Crippen LogP contribution in [0.5, 0.6) is 5.75 Å². The number of halogens is 1. The molecule has 0 spiro atoms. The summed E-state index contributed by atoms with van der Waals surface area (Å²) in [6.45, 7) is 8.95. The molecule has 2 aliphatic heterocycles. The van der Waals surface area contributed by atoms with Gasteiger partial charge >= 0.3 is 6.09 Å². The molecule has 1 aromatic carbocycles. The van der Waals surface area contributed by atoms with Crippen molar-refractivity contribution in [3.63, 3.8) is 0 Å². The Morgan fingerprint density at radius 2 is 1.97 bits per heavy atom. The maximum Gasteiger partial charge on any atom is 0.410 e. The first-order chi connectivity index (χ1) is 13.7. The van der Waals surface area contributed by atoms with Crippen molar-refractivity contribution in [2.45, 2.75) is 32.4 Å².